The van der Waals surface area contributed by atoms with Crippen molar-refractivity contribution in [1.82, 2.24) is 9.55 Å². The maximum Gasteiger partial charge on any atom is 0.273 e. The van der Waals surface area contributed by atoms with Gasteiger partial charge in [-0.05, 0) is 55.0 Å². The maximum atomic E-state index is 13.4. The molecule has 4 aromatic rings. The van der Waals surface area contributed by atoms with Gasteiger partial charge < -0.3 is 15.2 Å². The largest absolute Gasteiger partial charge is 0.506 e. The van der Waals surface area contributed by atoms with Gasteiger partial charge in [-0.2, -0.15) is 0 Å². The number of aromatic nitrogens is 2. The van der Waals surface area contributed by atoms with Crippen LogP contribution in [0.3, 0.4) is 0 Å². The number of fused-ring (bicyclic) bond motifs is 1. The van der Waals surface area contributed by atoms with E-state index in [-0.39, 0.29) is 11.0 Å². The van der Waals surface area contributed by atoms with Crippen LogP contribution < -0.4 is 15.6 Å². The van der Waals surface area contributed by atoms with Crippen LogP contribution in [0.25, 0.3) is 16.7 Å². The van der Waals surface area contributed by atoms with Crippen molar-refractivity contribution in [3.63, 3.8) is 0 Å². The number of amides is 1. The SMILES string of the molecule is COc1cccc(-n2c(=O)c(C(=O)Nc3ccc(F)cc3C)c(O)c3cccnc32)c1. The Kier molecular flexibility index (Phi) is 5.12. The van der Waals surface area contributed by atoms with Gasteiger partial charge in [-0.15, -0.1) is 0 Å². The number of rotatable bonds is 4. The molecule has 0 aliphatic carbocycles. The highest BCUT2D eigenvalue weighted by Gasteiger charge is 2.24. The van der Waals surface area contributed by atoms with Crippen molar-refractivity contribution in [3.05, 3.63) is 88.1 Å². The molecule has 2 heterocycles. The summed E-state index contributed by atoms with van der Waals surface area (Å²) in [5.74, 6) is -1.24. The molecule has 0 aliphatic rings. The second-order valence-electron chi connectivity index (χ2n) is 6.85. The van der Waals surface area contributed by atoms with Crippen molar-refractivity contribution >= 4 is 22.6 Å². The minimum atomic E-state index is -0.820. The lowest BCUT2D eigenvalue weighted by Gasteiger charge is -2.15. The number of carbonyl (C=O) groups is 1. The van der Waals surface area contributed by atoms with E-state index < -0.39 is 28.6 Å². The van der Waals surface area contributed by atoms with Gasteiger partial charge in [0.2, 0.25) is 0 Å². The molecule has 7 nitrogen and oxygen atoms in total. The predicted octanol–water partition coefficient (Wildman–Crippen LogP) is 3.80. The second-order valence-corrected chi connectivity index (χ2v) is 6.85. The van der Waals surface area contributed by atoms with Crippen LogP contribution in [-0.4, -0.2) is 27.7 Å². The Morgan fingerprint density at radius 3 is 2.71 bits per heavy atom. The number of benzene rings is 2. The van der Waals surface area contributed by atoms with Gasteiger partial charge in [-0.1, -0.05) is 6.07 Å². The normalized spacial score (nSPS) is 10.8. The first-order valence-corrected chi connectivity index (χ1v) is 9.35. The van der Waals surface area contributed by atoms with E-state index in [1.54, 1.807) is 43.3 Å². The number of ether oxygens (including phenoxy) is 1. The van der Waals surface area contributed by atoms with Crippen molar-refractivity contribution in [1.29, 1.82) is 0 Å². The van der Waals surface area contributed by atoms with E-state index in [0.717, 1.165) is 0 Å². The van der Waals surface area contributed by atoms with Crippen LogP contribution in [0, 0.1) is 12.7 Å². The van der Waals surface area contributed by atoms with Gasteiger partial charge in [0.25, 0.3) is 11.5 Å². The average Bonchev–Trinajstić information content (AvgIpc) is 2.76. The topological polar surface area (TPSA) is 93.5 Å². The van der Waals surface area contributed by atoms with Crippen molar-refractivity contribution in [2.45, 2.75) is 6.92 Å². The number of pyridine rings is 2. The van der Waals surface area contributed by atoms with Crippen LogP contribution >= 0.6 is 0 Å². The van der Waals surface area contributed by atoms with E-state index in [2.05, 4.69) is 10.3 Å². The Morgan fingerprint density at radius 2 is 1.97 bits per heavy atom. The van der Waals surface area contributed by atoms with Crippen molar-refractivity contribution in [3.8, 4) is 17.2 Å². The zero-order chi connectivity index (χ0) is 22.1. The Balaban J connectivity index is 1.93. The zero-order valence-electron chi connectivity index (χ0n) is 16.7. The van der Waals surface area contributed by atoms with Crippen LogP contribution in [-0.2, 0) is 0 Å². The van der Waals surface area contributed by atoms with Crippen molar-refractivity contribution < 1.29 is 19.0 Å². The lowest BCUT2D eigenvalue weighted by Crippen LogP contribution is -2.29. The Hall–Kier alpha value is -4.20. The van der Waals surface area contributed by atoms with E-state index >= 15 is 0 Å². The Morgan fingerprint density at radius 1 is 1.16 bits per heavy atom. The summed E-state index contributed by atoms with van der Waals surface area (Å²) in [6.07, 6.45) is 1.49. The Bertz CT molecular complexity index is 1380. The predicted molar refractivity (Wildman–Crippen MR) is 115 cm³/mol. The fourth-order valence-corrected chi connectivity index (χ4v) is 3.35. The summed E-state index contributed by atoms with van der Waals surface area (Å²) in [4.78, 5) is 30.6. The number of carbonyl (C=O) groups excluding carboxylic acids is 1. The molecule has 2 aromatic heterocycles. The van der Waals surface area contributed by atoms with E-state index in [1.807, 2.05) is 0 Å². The molecule has 31 heavy (non-hydrogen) atoms. The quantitative estimate of drug-likeness (QED) is 0.525. The standard InChI is InChI=1S/C23H18FN3O4/c1-13-11-14(24)8-9-18(13)26-22(29)19-20(28)17-7-4-10-25-21(17)27(23(19)30)15-5-3-6-16(12-15)31-2/h3-12,28H,1-2H3,(H,26,29). The summed E-state index contributed by atoms with van der Waals surface area (Å²) in [7, 11) is 1.50. The fourth-order valence-electron chi connectivity index (χ4n) is 3.35. The highest BCUT2D eigenvalue weighted by atomic mass is 19.1. The average molecular weight is 419 g/mol. The van der Waals surface area contributed by atoms with Gasteiger partial charge >= 0.3 is 0 Å². The van der Waals surface area contributed by atoms with Crippen LogP contribution in [0.1, 0.15) is 15.9 Å². The minimum absolute atomic E-state index is 0.188. The number of aromatic hydroxyl groups is 1. The molecule has 0 unspecified atom stereocenters. The number of nitrogens with zero attached hydrogens (tertiary/aromatic N) is 2. The number of methoxy groups -OCH3 is 1. The van der Waals surface area contributed by atoms with Gasteiger partial charge in [-0.3, -0.25) is 14.2 Å². The number of nitrogens with one attached hydrogen (secondary N) is 1. The molecule has 156 valence electrons. The van der Waals surface area contributed by atoms with Gasteiger partial charge in [-0.25, -0.2) is 9.37 Å². The zero-order valence-corrected chi connectivity index (χ0v) is 16.7. The van der Waals surface area contributed by atoms with Gasteiger partial charge in [0.05, 0.1) is 18.2 Å². The van der Waals surface area contributed by atoms with E-state index in [9.17, 15) is 19.1 Å². The number of anilines is 1. The molecule has 0 aliphatic heterocycles. The van der Waals surface area contributed by atoms with Crippen LogP contribution in [0.2, 0.25) is 0 Å². The van der Waals surface area contributed by atoms with E-state index in [1.165, 1.54) is 36.1 Å². The molecule has 1 amide bonds. The smallest absolute Gasteiger partial charge is 0.273 e. The molecule has 0 atom stereocenters. The molecule has 0 radical (unpaired) electrons. The van der Waals surface area contributed by atoms with Crippen molar-refractivity contribution in [2.75, 3.05) is 12.4 Å². The van der Waals surface area contributed by atoms with Crippen LogP contribution in [0.4, 0.5) is 10.1 Å². The fraction of sp³-hybridized carbons (Fsp3) is 0.0870. The molecule has 2 aromatic carbocycles. The lowest BCUT2D eigenvalue weighted by atomic mass is 10.1. The van der Waals surface area contributed by atoms with E-state index in [0.29, 0.717) is 22.7 Å². The summed E-state index contributed by atoms with van der Waals surface area (Å²) < 4.78 is 19.9. The molecule has 4 rings (SSSR count). The summed E-state index contributed by atoms with van der Waals surface area (Å²) in [5.41, 5.74) is 0.196. The molecule has 0 spiro atoms. The van der Waals surface area contributed by atoms with Gasteiger partial charge in [0, 0.05) is 18.0 Å². The molecule has 0 saturated heterocycles. The van der Waals surface area contributed by atoms with Crippen LogP contribution in [0.5, 0.6) is 11.5 Å². The molecule has 2 N–H and O–H groups in total. The third-order valence-corrected chi connectivity index (χ3v) is 4.88. The molecular formula is C23H18FN3O4. The second kappa shape index (κ2) is 7.91. The summed E-state index contributed by atoms with van der Waals surface area (Å²) in [6.45, 7) is 1.62. The first-order chi connectivity index (χ1) is 14.9. The summed E-state index contributed by atoms with van der Waals surface area (Å²) in [5, 5.41) is 13.6. The maximum absolute atomic E-state index is 13.4. The van der Waals surface area contributed by atoms with Gasteiger partial charge in [0.1, 0.15) is 22.9 Å². The molecule has 0 fully saturated rings. The molecule has 8 heteroatoms. The highest BCUT2D eigenvalue weighted by molar-refractivity contribution is 6.09. The Labute approximate surface area is 176 Å². The molecule has 0 saturated carbocycles. The first-order valence-electron chi connectivity index (χ1n) is 9.35. The number of hydrogen-bond donors (Lipinski definition) is 2. The van der Waals surface area contributed by atoms with E-state index in [4.69, 9.17) is 4.74 Å². The van der Waals surface area contributed by atoms with Crippen molar-refractivity contribution in [2.24, 2.45) is 0 Å². The minimum Gasteiger partial charge on any atom is -0.506 e. The third kappa shape index (κ3) is 3.59. The number of hydrogen-bond acceptors (Lipinski definition) is 5. The summed E-state index contributed by atoms with van der Waals surface area (Å²) in [6, 6.07) is 13.7. The molecular weight excluding hydrogens is 401 g/mol. The number of aryl methyl sites for hydroxylation is 1. The number of halogens is 1. The third-order valence-electron chi connectivity index (χ3n) is 4.88. The lowest BCUT2D eigenvalue weighted by molar-refractivity contribution is 0.102. The van der Waals surface area contributed by atoms with Gasteiger partial charge in [0.15, 0.2) is 5.65 Å². The molecule has 0 bridgehead atoms. The summed E-state index contributed by atoms with van der Waals surface area (Å²) >= 11 is 0. The first kappa shape index (κ1) is 20.1. The van der Waals surface area contributed by atoms with Crippen LogP contribution in [0.15, 0.2) is 65.6 Å². The highest BCUT2D eigenvalue weighted by Crippen LogP contribution is 2.28. The monoisotopic (exact) mass is 419 g/mol.